The molecule has 2 unspecified atom stereocenters. The van der Waals surface area contributed by atoms with Crippen LogP contribution in [0, 0.1) is 17.6 Å². The van der Waals surface area contributed by atoms with E-state index in [9.17, 15) is 13.6 Å². The van der Waals surface area contributed by atoms with E-state index in [0.29, 0.717) is 30.7 Å². The van der Waals surface area contributed by atoms with Crippen LogP contribution in [0.5, 0.6) is 0 Å². The normalized spacial score (nSPS) is 20.2. The number of aryl methyl sites for hydroxylation is 1. The number of benzene rings is 1. The summed E-state index contributed by atoms with van der Waals surface area (Å²) in [4.78, 5) is 18.5. The Morgan fingerprint density at radius 2 is 2.08 bits per heavy atom. The summed E-state index contributed by atoms with van der Waals surface area (Å²) in [5.74, 6) is -0.142. The van der Waals surface area contributed by atoms with E-state index in [1.54, 1.807) is 0 Å². The maximum Gasteiger partial charge on any atom is 0.223 e. The number of halogens is 2. The van der Waals surface area contributed by atoms with E-state index in [4.69, 9.17) is 4.42 Å². The minimum absolute atomic E-state index is 0.0662. The van der Waals surface area contributed by atoms with Crippen molar-refractivity contribution in [1.82, 2.24) is 9.88 Å². The fourth-order valence-corrected chi connectivity index (χ4v) is 3.69. The molecule has 26 heavy (non-hydrogen) atoms. The molecule has 6 heteroatoms. The van der Waals surface area contributed by atoms with Crippen LogP contribution >= 0.6 is 0 Å². The minimum Gasteiger partial charge on any atom is -0.441 e. The van der Waals surface area contributed by atoms with Gasteiger partial charge in [0.05, 0.1) is 11.8 Å². The number of hydrogen-bond donors (Lipinski definition) is 0. The lowest BCUT2D eigenvalue weighted by atomic mass is 9.85. The van der Waals surface area contributed by atoms with Crippen LogP contribution in [0.15, 0.2) is 28.8 Å². The van der Waals surface area contributed by atoms with Crippen molar-refractivity contribution in [3.8, 4) is 11.3 Å². The molecule has 0 aliphatic heterocycles. The van der Waals surface area contributed by atoms with E-state index in [2.05, 4.69) is 11.9 Å². The zero-order valence-electron chi connectivity index (χ0n) is 15.2. The van der Waals surface area contributed by atoms with Gasteiger partial charge in [-0.15, -0.1) is 0 Å². The second kappa shape index (κ2) is 7.98. The standard InChI is InChI=1S/C20H24F2N2O2/c1-13-5-3-4-6-17(13)24(2)20(25)10-9-19-23-12-18(26-19)15-8-7-14(21)11-16(15)22/h7-8,11-13,17H,3-6,9-10H2,1-2H3. The number of oxazole rings is 1. The number of carbonyl (C=O) groups is 1. The fourth-order valence-electron chi connectivity index (χ4n) is 3.69. The van der Waals surface area contributed by atoms with Crippen LogP contribution in [0.25, 0.3) is 11.3 Å². The average Bonchev–Trinajstić information content (AvgIpc) is 3.08. The molecule has 0 radical (unpaired) electrons. The van der Waals surface area contributed by atoms with E-state index in [1.165, 1.54) is 31.2 Å². The van der Waals surface area contributed by atoms with Gasteiger partial charge >= 0.3 is 0 Å². The molecule has 0 bridgehead atoms. The van der Waals surface area contributed by atoms with Gasteiger partial charge < -0.3 is 9.32 Å². The molecule has 0 spiro atoms. The first-order chi connectivity index (χ1) is 12.5. The van der Waals surface area contributed by atoms with Crippen LogP contribution in [-0.2, 0) is 11.2 Å². The first-order valence-corrected chi connectivity index (χ1v) is 9.11. The van der Waals surface area contributed by atoms with Crippen molar-refractivity contribution in [1.29, 1.82) is 0 Å². The van der Waals surface area contributed by atoms with Crippen molar-refractivity contribution >= 4 is 5.91 Å². The van der Waals surface area contributed by atoms with Crippen molar-refractivity contribution < 1.29 is 18.0 Å². The Hall–Kier alpha value is -2.24. The first-order valence-electron chi connectivity index (χ1n) is 9.11. The number of carbonyl (C=O) groups excluding carboxylic acids is 1. The summed E-state index contributed by atoms with van der Waals surface area (Å²) >= 11 is 0. The molecule has 1 aromatic heterocycles. The molecule has 1 amide bonds. The number of rotatable bonds is 5. The van der Waals surface area contributed by atoms with Gasteiger partial charge in [-0.05, 0) is 30.9 Å². The highest BCUT2D eigenvalue weighted by Gasteiger charge is 2.27. The van der Waals surface area contributed by atoms with E-state index in [0.717, 1.165) is 18.9 Å². The van der Waals surface area contributed by atoms with Crippen molar-refractivity contribution in [2.75, 3.05) is 7.05 Å². The molecule has 4 nitrogen and oxygen atoms in total. The predicted molar refractivity (Wildman–Crippen MR) is 94.4 cm³/mol. The van der Waals surface area contributed by atoms with Gasteiger partial charge in [-0.25, -0.2) is 13.8 Å². The van der Waals surface area contributed by atoms with Gasteiger partial charge in [-0.3, -0.25) is 4.79 Å². The van der Waals surface area contributed by atoms with E-state index in [-0.39, 0.29) is 17.2 Å². The Bertz CT molecular complexity index is 775. The molecule has 1 aliphatic carbocycles. The molecule has 1 aliphatic rings. The number of nitrogens with zero attached hydrogens (tertiary/aromatic N) is 2. The number of hydrogen-bond acceptors (Lipinski definition) is 3. The number of aromatic nitrogens is 1. The third-order valence-corrected chi connectivity index (χ3v) is 5.26. The van der Waals surface area contributed by atoms with Crippen LogP contribution in [0.3, 0.4) is 0 Å². The molecule has 0 N–H and O–H groups in total. The third-order valence-electron chi connectivity index (χ3n) is 5.26. The van der Waals surface area contributed by atoms with Crippen LogP contribution in [0.1, 0.15) is 44.9 Å². The predicted octanol–water partition coefficient (Wildman–Crippen LogP) is 4.59. The maximum absolute atomic E-state index is 13.8. The van der Waals surface area contributed by atoms with Gasteiger partial charge in [0.25, 0.3) is 0 Å². The zero-order chi connectivity index (χ0) is 18.7. The second-order valence-corrected chi connectivity index (χ2v) is 7.08. The van der Waals surface area contributed by atoms with Crippen molar-refractivity contribution in [2.24, 2.45) is 5.92 Å². The lowest BCUT2D eigenvalue weighted by Gasteiger charge is -2.36. The number of amides is 1. The summed E-state index contributed by atoms with van der Waals surface area (Å²) in [7, 11) is 1.86. The maximum atomic E-state index is 13.8. The fraction of sp³-hybridized carbons (Fsp3) is 0.500. The Kier molecular flexibility index (Phi) is 5.69. The van der Waals surface area contributed by atoms with Crippen molar-refractivity contribution in [2.45, 2.75) is 51.5 Å². The summed E-state index contributed by atoms with van der Waals surface area (Å²) in [6.45, 7) is 2.20. The minimum atomic E-state index is -0.699. The summed E-state index contributed by atoms with van der Waals surface area (Å²) in [5.41, 5.74) is 0.157. The molecule has 1 heterocycles. The van der Waals surface area contributed by atoms with Gasteiger partial charge in [-0.1, -0.05) is 19.8 Å². The molecule has 3 rings (SSSR count). The zero-order valence-corrected chi connectivity index (χ0v) is 15.2. The van der Waals surface area contributed by atoms with Gasteiger partial charge in [0.1, 0.15) is 11.6 Å². The average molecular weight is 362 g/mol. The lowest BCUT2D eigenvalue weighted by Crippen LogP contribution is -2.42. The van der Waals surface area contributed by atoms with Crippen molar-refractivity contribution in [3.05, 3.63) is 41.9 Å². The van der Waals surface area contributed by atoms with Gasteiger partial charge in [0.15, 0.2) is 11.7 Å². The van der Waals surface area contributed by atoms with E-state index < -0.39 is 11.6 Å². The Morgan fingerprint density at radius 3 is 2.81 bits per heavy atom. The first kappa shape index (κ1) is 18.5. The van der Waals surface area contributed by atoms with Crippen molar-refractivity contribution in [3.63, 3.8) is 0 Å². The van der Waals surface area contributed by atoms with E-state index >= 15 is 0 Å². The second-order valence-electron chi connectivity index (χ2n) is 7.08. The van der Waals surface area contributed by atoms with Crippen LogP contribution in [-0.4, -0.2) is 28.9 Å². The third kappa shape index (κ3) is 4.11. The molecule has 1 aromatic carbocycles. The largest absolute Gasteiger partial charge is 0.441 e. The molecule has 2 aromatic rings. The summed E-state index contributed by atoms with van der Waals surface area (Å²) in [5, 5.41) is 0. The van der Waals surface area contributed by atoms with Gasteiger partial charge in [0, 0.05) is 32.0 Å². The molecular weight excluding hydrogens is 338 g/mol. The summed E-state index contributed by atoms with van der Waals surface area (Å²) < 4.78 is 32.4. The summed E-state index contributed by atoms with van der Waals surface area (Å²) in [6, 6.07) is 3.59. The van der Waals surface area contributed by atoms with Gasteiger partial charge in [-0.2, -0.15) is 0 Å². The topological polar surface area (TPSA) is 46.3 Å². The highest BCUT2D eigenvalue weighted by molar-refractivity contribution is 5.76. The smallest absolute Gasteiger partial charge is 0.223 e. The molecular formula is C20H24F2N2O2. The Balaban J connectivity index is 1.60. The van der Waals surface area contributed by atoms with Crippen LogP contribution in [0.2, 0.25) is 0 Å². The summed E-state index contributed by atoms with van der Waals surface area (Å²) in [6.07, 6.45) is 6.67. The molecule has 0 saturated heterocycles. The molecule has 140 valence electrons. The monoisotopic (exact) mass is 362 g/mol. The van der Waals surface area contributed by atoms with Crippen LogP contribution in [0.4, 0.5) is 8.78 Å². The highest BCUT2D eigenvalue weighted by atomic mass is 19.1. The Labute approximate surface area is 152 Å². The molecule has 1 saturated carbocycles. The molecule has 1 fully saturated rings. The SMILES string of the molecule is CC1CCCCC1N(C)C(=O)CCc1ncc(-c2ccc(F)cc2F)o1. The lowest BCUT2D eigenvalue weighted by molar-refractivity contribution is -0.133. The van der Waals surface area contributed by atoms with E-state index in [1.807, 2.05) is 11.9 Å². The van der Waals surface area contributed by atoms with Crippen LogP contribution < -0.4 is 0 Å². The Morgan fingerprint density at radius 1 is 1.31 bits per heavy atom. The quantitative estimate of drug-likeness (QED) is 0.781. The van der Waals surface area contributed by atoms with Gasteiger partial charge in [0.2, 0.25) is 5.91 Å². The highest BCUT2D eigenvalue weighted by Crippen LogP contribution is 2.28. The molecule has 2 atom stereocenters.